The molecule has 1 unspecified atom stereocenters. The Balaban J connectivity index is 1.48. The molecule has 1 atom stereocenters. The van der Waals surface area contributed by atoms with E-state index in [1.807, 2.05) is 30.3 Å². The molecule has 2 aromatic carbocycles. The fourth-order valence-electron chi connectivity index (χ4n) is 3.80. The number of likely N-dealkylation sites (tertiary alicyclic amines) is 1. The van der Waals surface area contributed by atoms with E-state index >= 15 is 0 Å². The van der Waals surface area contributed by atoms with Crippen molar-refractivity contribution in [1.82, 2.24) is 4.90 Å². The molecule has 6 heteroatoms. The largest absolute Gasteiger partial charge is 0.496 e. The second-order valence-corrected chi connectivity index (χ2v) is 7.34. The number of piperidine rings is 1. The summed E-state index contributed by atoms with van der Waals surface area (Å²) in [5, 5.41) is 0.664. The summed E-state index contributed by atoms with van der Waals surface area (Å²) in [5.41, 5.74) is 1.65. The fraction of sp³-hybridized carbons (Fsp3) is 0.381. The van der Waals surface area contributed by atoms with Crippen LogP contribution in [-0.4, -0.2) is 37.7 Å². The number of ether oxygens (including phenoxy) is 3. The minimum Gasteiger partial charge on any atom is -0.496 e. The molecular weight excluding hydrogens is 366 g/mol. The molecule has 0 amide bonds. The van der Waals surface area contributed by atoms with Crippen molar-refractivity contribution in [1.29, 1.82) is 0 Å². The molecule has 1 saturated heterocycles. The highest BCUT2D eigenvalue weighted by atomic mass is 35.5. The van der Waals surface area contributed by atoms with Gasteiger partial charge in [0.25, 0.3) is 0 Å². The Hall–Kier alpha value is -2.24. The summed E-state index contributed by atoms with van der Waals surface area (Å²) in [7, 11) is 1.60. The van der Waals surface area contributed by atoms with E-state index < -0.39 is 0 Å². The van der Waals surface area contributed by atoms with Crippen molar-refractivity contribution in [2.75, 3.05) is 27.0 Å². The third kappa shape index (κ3) is 3.75. The molecule has 0 spiro atoms. The Morgan fingerprint density at radius 1 is 1.26 bits per heavy atom. The number of hydrogen-bond donors (Lipinski definition) is 0. The zero-order chi connectivity index (χ0) is 18.8. The Labute approximate surface area is 163 Å². The predicted octanol–water partition coefficient (Wildman–Crippen LogP) is 4.17. The standard InChI is InChI=1S/C21H22ClNO4/c1-25-18-7-3-2-6-16(18)21(24)14-5-4-8-23(11-14)12-15-9-19-20(10-17(15)22)27-13-26-19/h2-3,6-7,9-10,14H,4-5,8,11-13H2,1H3. The van der Waals surface area contributed by atoms with E-state index in [1.54, 1.807) is 13.2 Å². The normalized spacial score (nSPS) is 19.1. The number of Topliss-reactive ketones (excluding diaryl/α,β-unsaturated/α-hetero) is 1. The van der Waals surface area contributed by atoms with Gasteiger partial charge in [-0.15, -0.1) is 0 Å². The number of halogens is 1. The lowest BCUT2D eigenvalue weighted by atomic mass is 9.89. The van der Waals surface area contributed by atoms with Gasteiger partial charge in [0.2, 0.25) is 6.79 Å². The van der Waals surface area contributed by atoms with Gasteiger partial charge in [0.05, 0.1) is 12.7 Å². The van der Waals surface area contributed by atoms with Gasteiger partial charge in [-0.3, -0.25) is 9.69 Å². The van der Waals surface area contributed by atoms with Crippen LogP contribution in [0.1, 0.15) is 28.8 Å². The number of nitrogens with zero attached hydrogens (tertiary/aromatic N) is 1. The van der Waals surface area contributed by atoms with Crippen LogP contribution >= 0.6 is 11.6 Å². The van der Waals surface area contributed by atoms with Crippen molar-refractivity contribution in [3.63, 3.8) is 0 Å². The molecule has 2 heterocycles. The zero-order valence-electron chi connectivity index (χ0n) is 15.2. The van der Waals surface area contributed by atoms with Gasteiger partial charge in [0.1, 0.15) is 5.75 Å². The topological polar surface area (TPSA) is 48.0 Å². The lowest BCUT2D eigenvalue weighted by molar-refractivity contribution is 0.0808. The monoisotopic (exact) mass is 387 g/mol. The molecule has 4 rings (SSSR count). The summed E-state index contributed by atoms with van der Waals surface area (Å²) < 4.78 is 16.2. The molecule has 0 radical (unpaired) electrons. The van der Waals surface area contributed by atoms with E-state index in [1.165, 1.54) is 0 Å². The molecule has 2 aliphatic heterocycles. The Morgan fingerprint density at radius 3 is 2.85 bits per heavy atom. The van der Waals surface area contributed by atoms with Gasteiger partial charge in [-0.1, -0.05) is 23.7 Å². The second kappa shape index (κ2) is 7.79. The Morgan fingerprint density at radius 2 is 2.04 bits per heavy atom. The van der Waals surface area contributed by atoms with Gasteiger partial charge in [-0.05, 0) is 43.1 Å². The maximum absolute atomic E-state index is 13.0. The molecule has 27 heavy (non-hydrogen) atoms. The number of para-hydroxylation sites is 1. The number of ketones is 1. The SMILES string of the molecule is COc1ccccc1C(=O)C1CCCN(Cc2cc3c(cc2Cl)OCO3)C1. The van der Waals surface area contributed by atoms with Crippen LogP contribution in [0.5, 0.6) is 17.2 Å². The Bertz CT molecular complexity index is 854. The van der Waals surface area contributed by atoms with Gasteiger partial charge in [-0.25, -0.2) is 0 Å². The fourth-order valence-corrected chi connectivity index (χ4v) is 4.02. The van der Waals surface area contributed by atoms with Gasteiger partial charge in [0, 0.05) is 30.1 Å². The van der Waals surface area contributed by atoms with Crippen molar-refractivity contribution in [3.8, 4) is 17.2 Å². The molecule has 5 nitrogen and oxygen atoms in total. The summed E-state index contributed by atoms with van der Waals surface area (Å²) in [6.45, 7) is 2.57. The first-order valence-corrected chi connectivity index (χ1v) is 9.51. The van der Waals surface area contributed by atoms with Crippen molar-refractivity contribution in [2.45, 2.75) is 19.4 Å². The molecule has 1 fully saturated rings. The van der Waals surface area contributed by atoms with Crippen LogP contribution in [0.4, 0.5) is 0 Å². The van der Waals surface area contributed by atoms with Crippen molar-refractivity contribution < 1.29 is 19.0 Å². The number of benzene rings is 2. The van der Waals surface area contributed by atoms with Gasteiger partial charge in [0.15, 0.2) is 17.3 Å². The molecule has 0 saturated carbocycles. The molecular formula is C21H22ClNO4. The van der Waals surface area contributed by atoms with E-state index in [-0.39, 0.29) is 18.5 Å². The molecule has 2 aliphatic rings. The van der Waals surface area contributed by atoms with Crippen LogP contribution in [0.2, 0.25) is 5.02 Å². The van der Waals surface area contributed by atoms with E-state index in [2.05, 4.69) is 4.90 Å². The van der Waals surface area contributed by atoms with Gasteiger partial charge < -0.3 is 14.2 Å². The smallest absolute Gasteiger partial charge is 0.231 e. The van der Waals surface area contributed by atoms with Gasteiger partial charge in [-0.2, -0.15) is 0 Å². The predicted molar refractivity (Wildman–Crippen MR) is 103 cm³/mol. The summed E-state index contributed by atoms with van der Waals surface area (Å²) in [6.07, 6.45) is 1.87. The van der Waals surface area contributed by atoms with E-state index in [9.17, 15) is 4.79 Å². The first-order chi connectivity index (χ1) is 13.2. The average molecular weight is 388 g/mol. The third-order valence-corrected chi connectivity index (χ3v) is 5.54. The molecule has 2 aromatic rings. The summed E-state index contributed by atoms with van der Waals surface area (Å²) >= 11 is 6.42. The second-order valence-electron chi connectivity index (χ2n) is 6.94. The van der Waals surface area contributed by atoms with E-state index in [0.29, 0.717) is 35.2 Å². The highest BCUT2D eigenvalue weighted by Crippen LogP contribution is 2.37. The maximum Gasteiger partial charge on any atom is 0.231 e. The number of fused-ring (bicyclic) bond motifs is 1. The first kappa shape index (κ1) is 18.1. The van der Waals surface area contributed by atoms with Gasteiger partial charge >= 0.3 is 0 Å². The lowest BCUT2D eigenvalue weighted by Crippen LogP contribution is -2.38. The van der Waals surface area contributed by atoms with Crippen LogP contribution in [0.3, 0.4) is 0 Å². The van der Waals surface area contributed by atoms with Crippen molar-refractivity contribution >= 4 is 17.4 Å². The molecule has 0 aromatic heterocycles. The Kier molecular flexibility index (Phi) is 5.23. The van der Waals surface area contributed by atoms with Crippen LogP contribution in [-0.2, 0) is 6.54 Å². The average Bonchev–Trinajstić information content (AvgIpc) is 3.15. The number of hydrogen-bond acceptors (Lipinski definition) is 5. The van der Waals surface area contributed by atoms with Crippen LogP contribution < -0.4 is 14.2 Å². The number of carbonyl (C=O) groups is 1. The van der Waals surface area contributed by atoms with Crippen molar-refractivity contribution in [3.05, 3.63) is 52.5 Å². The quantitative estimate of drug-likeness (QED) is 0.720. The van der Waals surface area contributed by atoms with Crippen molar-refractivity contribution in [2.24, 2.45) is 5.92 Å². The summed E-state index contributed by atoms with van der Waals surface area (Å²) in [5.74, 6) is 2.16. The van der Waals surface area contributed by atoms with Crippen LogP contribution in [0.25, 0.3) is 0 Å². The highest BCUT2D eigenvalue weighted by molar-refractivity contribution is 6.31. The zero-order valence-corrected chi connectivity index (χ0v) is 16.0. The number of carbonyl (C=O) groups excluding carboxylic acids is 1. The number of methoxy groups -OCH3 is 1. The lowest BCUT2D eigenvalue weighted by Gasteiger charge is -2.32. The summed E-state index contributed by atoms with van der Waals surface area (Å²) in [6, 6.07) is 11.2. The summed E-state index contributed by atoms with van der Waals surface area (Å²) in [4.78, 5) is 15.3. The highest BCUT2D eigenvalue weighted by Gasteiger charge is 2.29. The maximum atomic E-state index is 13.0. The van der Waals surface area contributed by atoms with E-state index in [4.69, 9.17) is 25.8 Å². The molecule has 0 aliphatic carbocycles. The minimum atomic E-state index is -0.0390. The molecule has 0 N–H and O–H groups in total. The van der Waals surface area contributed by atoms with E-state index in [0.717, 1.165) is 30.7 Å². The molecule has 0 bridgehead atoms. The third-order valence-electron chi connectivity index (χ3n) is 5.18. The molecule has 142 valence electrons. The first-order valence-electron chi connectivity index (χ1n) is 9.13. The number of rotatable bonds is 5. The van der Waals surface area contributed by atoms with Crippen LogP contribution in [0.15, 0.2) is 36.4 Å². The van der Waals surface area contributed by atoms with Crippen LogP contribution in [0, 0.1) is 5.92 Å². The minimum absolute atomic E-state index is 0.0390.